The van der Waals surface area contributed by atoms with Gasteiger partial charge >= 0.3 is 5.97 Å². The quantitative estimate of drug-likeness (QED) is 0.240. The van der Waals surface area contributed by atoms with Crippen LogP contribution in [0.1, 0.15) is 27.7 Å². The van der Waals surface area contributed by atoms with Gasteiger partial charge in [-0.25, -0.2) is 0 Å². The molecule has 6 nitrogen and oxygen atoms in total. The number of thioether (sulfide) groups is 1. The highest BCUT2D eigenvalue weighted by atomic mass is 32.2. The maximum absolute atomic E-state index is 14.3. The highest BCUT2D eigenvalue weighted by molar-refractivity contribution is 8.00. The molecule has 2 amide bonds. The predicted molar refractivity (Wildman–Crippen MR) is 157 cm³/mol. The van der Waals surface area contributed by atoms with E-state index in [9.17, 15) is 14.4 Å². The van der Waals surface area contributed by atoms with E-state index in [2.05, 4.69) is 5.32 Å². The Labute approximate surface area is 241 Å². The highest BCUT2D eigenvalue weighted by Gasteiger charge is 2.58. The Balaban J connectivity index is 1.25. The maximum Gasteiger partial charge on any atom is 0.320 e. The van der Waals surface area contributed by atoms with Gasteiger partial charge in [0.05, 0.1) is 6.42 Å². The Kier molecular flexibility index (Phi) is 7.45. The lowest BCUT2D eigenvalue weighted by atomic mass is 9.80. The fourth-order valence-corrected chi connectivity index (χ4v) is 7.62. The van der Waals surface area contributed by atoms with Gasteiger partial charge in [0.25, 0.3) is 0 Å². The predicted octanol–water partition coefficient (Wildman–Crippen LogP) is 4.96. The average Bonchev–Trinajstić information content (AvgIpc) is 3.52. The van der Waals surface area contributed by atoms with Crippen molar-refractivity contribution < 1.29 is 19.1 Å². The third kappa shape index (κ3) is 5.05. The number of thiophene rings is 1. The van der Waals surface area contributed by atoms with Crippen LogP contribution in [0.2, 0.25) is 0 Å². The van der Waals surface area contributed by atoms with E-state index in [1.807, 2.05) is 109 Å². The van der Waals surface area contributed by atoms with E-state index in [4.69, 9.17) is 4.74 Å². The third-order valence-electron chi connectivity index (χ3n) is 7.46. The normalized spacial score (nSPS) is 21.8. The van der Waals surface area contributed by atoms with Crippen molar-refractivity contribution in [2.75, 3.05) is 12.3 Å². The number of rotatable bonds is 8. The van der Waals surface area contributed by atoms with E-state index in [-0.39, 0.29) is 36.1 Å². The summed E-state index contributed by atoms with van der Waals surface area (Å²) in [7, 11) is 0. The van der Waals surface area contributed by atoms with Gasteiger partial charge in [-0.1, -0.05) is 97.1 Å². The lowest BCUT2D eigenvalue weighted by Gasteiger charge is -2.54. The Morgan fingerprint density at radius 3 is 2.12 bits per heavy atom. The SMILES string of the molecule is O=C(Cc1cccs1)NC1C(=O)N2CC(C(=O)OC(c3ccccc3)c3ccccc3)(c3ccccc3)CS[C@H]12. The molecule has 3 aromatic carbocycles. The first-order chi connectivity index (χ1) is 19.5. The number of nitrogens with zero attached hydrogens (tertiary/aromatic N) is 1. The first kappa shape index (κ1) is 26.3. The molecule has 0 aliphatic carbocycles. The topological polar surface area (TPSA) is 75.7 Å². The number of hydrogen-bond donors (Lipinski definition) is 1. The largest absolute Gasteiger partial charge is 0.452 e. The Bertz CT molecular complexity index is 1440. The number of esters is 1. The fraction of sp³-hybridized carbons (Fsp3) is 0.219. The van der Waals surface area contributed by atoms with Crippen molar-refractivity contribution in [1.82, 2.24) is 10.2 Å². The maximum atomic E-state index is 14.3. The molecule has 6 rings (SSSR count). The first-order valence-corrected chi connectivity index (χ1v) is 15.1. The van der Waals surface area contributed by atoms with Gasteiger partial charge in [0.2, 0.25) is 11.8 Å². The van der Waals surface area contributed by atoms with Crippen LogP contribution in [0, 0.1) is 0 Å². The van der Waals surface area contributed by atoms with Gasteiger partial charge in [-0.15, -0.1) is 23.1 Å². The summed E-state index contributed by atoms with van der Waals surface area (Å²) in [6, 6.07) is 32.2. The van der Waals surface area contributed by atoms with Crippen molar-refractivity contribution in [3.63, 3.8) is 0 Å². The van der Waals surface area contributed by atoms with Crippen molar-refractivity contribution in [3.8, 4) is 0 Å². The van der Waals surface area contributed by atoms with Crippen molar-refractivity contribution in [1.29, 1.82) is 0 Å². The molecule has 2 unspecified atom stereocenters. The number of ether oxygens (including phenoxy) is 1. The summed E-state index contributed by atoms with van der Waals surface area (Å²) in [5, 5.41) is 4.62. The van der Waals surface area contributed by atoms with Crippen LogP contribution in [-0.2, 0) is 31.0 Å². The molecule has 3 heterocycles. The second-order valence-corrected chi connectivity index (χ2v) is 12.2. The van der Waals surface area contributed by atoms with E-state index in [0.717, 1.165) is 21.6 Å². The Hall–Kier alpha value is -3.88. The van der Waals surface area contributed by atoms with Crippen LogP contribution in [0.15, 0.2) is 109 Å². The van der Waals surface area contributed by atoms with Gasteiger partial charge in [-0.05, 0) is 28.1 Å². The van der Waals surface area contributed by atoms with E-state index < -0.39 is 17.6 Å². The highest BCUT2D eigenvalue weighted by Crippen LogP contribution is 2.45. The van der Waals surface area contributed by atoms with Crippen molar-refractivity contribution >= 4 is 40.9 Å². The Morgan fingerprint density at radius 1 is 0.900 bits per heavy atom. The second-order valence-electron chi connectivity index (χ2n) is 10.0. The molecule has 1 aromatic heterocycles. The van der Waals surface area contributed by atoms with Gasteiger partial charge in [0, 0.05) is 17.2 Å². The molecular weight excluding hydrogens is 540 g/mol. The average molecular weight is 569 g/mol. The summed E-state index contributed by atoms with van der Waals surface area (Å²) in [5.41, 5.74) is 1.51. The molecule has 0 saturated carbocycles. The van der Waals surface area contributed by atoms with E-state index in [0.29, 0.717) is 5.75 Å². The van der Waals surface area contributed by atoms with Crippen molar-refractivity contribution in [2.24, 2.45) is 0 Å². The minimum absolute atomic E-state index is 0.172. The van der Waals surface area contributed by atoms with Crippen molar-refractivity contribution in [3.05, 3.63) is 130 Å². The van der Waals surface area contributed by atoms with Crippen LogP contribution < -0.4 is 5.32 Å². The van der Waals surface area contributed by atoms with Crippen molar-refractivity contribution in [2.45, 2.75) is 29.4 Å². The second kappa shape index (κ2) is 11.3. The molecule has 8 heteroatoms. The summed E-state index contributed by atoms with van der Waals surface area (Å²) >= 11 is 3.03. The standard InChI is InChI=1S/C32H28N2O4S2/c35-26(19-25-17-10-18-39-25)33-27-29(36)34-20-32(21-40-30(27)34,24-15-8-3-9-16-24)31(37)38-28(22-11-4-1-5-12-22)23-13-6-2-7-14-23/h1-18,27-28,30H,19-21H2,(H,33,35)/t27?,30-,32?/m1/s1. The summed E-state index contributed by atoms with van der Waals surface area (Å²) in [6.07, 6.45) is -0.339. The molecule has 0 bridgehead atoms. The molecule has 0 spiro atoms. The number of carbonyl (C=O) groups excluding carboxylic acids is 3. The van der Waals surface area contributed by atoms with Gasteiger partial charge in [-0.3, -0.25) is 14.4 Å². The van der Waals surface area contributed by atoms with Crippen LogP contribution in [0.3, 0.4) is 0 Å². The zero-order valence-electron chi connectivity index (χ0n) is 21.6. The number of fused-ring (bicyclic) bond motifs is 1. The summed E-state index contributed by atoms with van der Waals surface area (Å²) in [4.78, 5) is 42.8. The van der Waals surface area contributed by atoms with Gasteiger partial charge in [0.15, 0.2) is 6.10 Å². The van der Waals surface area contributed by atoms with Crippen LogP contribution in [0.4, 0.5) is 0 Å². The molecule has 40 heavy (non-hydrogen) atoms. The molecule has 0 radical (unpaired) electrons. The van der Waals surface area contributed by atoms with Gasteiger partial charge < -0.3 is 15.0 Å². The van der Waals surface area contributed by atoms with Crippen LogP contribution in [-0.4, -0.2) is 46.4 Å². The van der Waals surface area contributed by atoms with E-state index in [1.165, 1.54) is 23.1 Å². The molecule has 2 aliphatic rings. The zero-order chi connectivity index (χ0) is 27.5. The van der Waals surface area contributed by atoms with Crippen LogP contribution in [0.5, 0.6) is 0 Å². The number of amides is 2. The molecule has 4 aromatic rings. The smallest absolute Gasteiger partial charge is 0.320 e. The molecule has 3 atom stereocenters. The number of hydrogen-bond acceptors (Lipinski definition) is 6. The number of benzene rings is 3. The minimum atomic E-state index is -1.05. The lowest BCUT2D eigenvalue weighted by molar-refractivity contribution is -0.160. The van der Waals surface area contributed by atoms with E-state index >= 15 is 0 Å². The number of nitrogens with one attached hydrogen (secondary N) is 1. The molecule has 2 fully saturated rings. The van der Waals surface area contributed by atoms with Gasteiger partial charge in [0.1, 0.15) is 16.8 Å². The molecular formula is C32H28N2O4S2. The third-order valence-corrected chi connectivity index (χ3v) is 9.86. The van der Waals surface area contributed by atoms with Crippen LogP contribution in [0.25, 0.3) is 0 Å². The first-order valence-electron chi connectivity index (χ1n) is 13.2. The Morgan fingerprint density at radius 2 is 1.52 bits per heavy atom. The fourth-order valence-electron chi connectivity index (χ4n) is 5.35. The monoisotopic (exact) mass is 568 g/mol. The number of β-lactam (4-membered cyclic amide) rings is 1. The molecule has 202 valence electrons. The van der Waals surface area contributed by atoms with E-state index in [1.54, 1.807) is 4.90 Å². The zero-order valence-corrected chi connectivity index (χ0v) is 23.3. The number of carbonyl (C=O) groups is 3. The summed E-state index contributed by atoms with van der Waals surface area (Å²) in [5.74, 6) is -0.292. The lowest BCUT2D eigenvalue weighted by Crippen LogP contribution is -2.74. The molecule has 2 saturated heterocycles. The minimum Gasteiger partial charge on any atom is -0.452 e. The van der Waals surface area contributed by atoms with Crippen LogP contribution >= 0.6 is 23.1 Å². The van der Waals surface area contributed by atoms with Gasteiger partial charge in [-0.2, -0.15) is 0 Å². The molecule has 1 N–H and O–H groups in total. The summed E-state index contributed by atoms with van der Waals surface area (Å²) in [6.45, 7) is 0.194. The summed E-state index contributed by atoms with van der Waals surface area (Å²) < 4.78 is 6.35. The molecule has 2 aliphatic heterocycles.